The fourth-order valence-corrected chi connectivity index (χ4v) is 1.42. The van der Waals surface area contributed by atoms with Crippen LogP contribution in [0, 0.1) is 0 Å². The molecule has 0 aliphatic carbocycles. The van der Waals surface area contributed by atoms with Crippen molar-refractivity contribution in [3.63, 3.8) is 0 Å². The molecule has 2 nitrogen and oxygen atoms in total. The van der Waals surface area contributed by atoms with E-state index >= 15 is 0 Å². The smallest absolute Gasteiger partial charge is 0.389 e. The lowest BCUT2D eigenvalue weighted by atomic mass is 10.2. The minimum atomic E-state index is -4.04. The van der Waals surface area contributed by atoms with Crippen molar-refractivity contribution >= 4 is 0 Å². The molecule has 96 valence electrons. The van der Waals surface area contributed by atoms with Gasteiger partial charge in [-0.15, -0.1) is 0 Å². The van der Waals surface area contributed by atoms with Crippen LogP contribution < -0.4 is 5.32 Å². The maximum absolute atomic E-state index is 11.8. The summed E-state index contributed by atoms with van der Waals surface area (Å²) in [5.74, 6) is 0.207. The van der Waals surface area contributed by atoms with Crippen LogP contribution in [-0.2, 0) is 6.54 Å². The van der Waals surface area contributed by atoms with Gasteiger partial charge in [-0.25, -0.2) is 0 Å². The topological polar surface area (TPSA) is 32.3 Å². The highest BCUT2D eigenvalue weighted by atomic mass is 19.4. The predicted molar refractivity (Wildman–Crippen MR) is 59.7 cm³/mol. The van der Waals surface area contributed by atoms with E-state index in [-0.39, 0.29) is 12.2 Å². The molecule has 1 aromatic carbocycles. The first-order chi connectivity index (χ1) is 7.97. The van der Waals surface area contributed by atoms with Gasteiger partial charge in [0.2, 0.25) is 0 Å². The normalized spacial score (nSPS) is 11.7. The van der Waals surface area contributed by atoms with Crippen molar-refractivity contribution in [2.24, 2.45) is 0 Å². The van der Waals surface area contributed by atoms with Crippen LogP contribution >= 0.6 is 0 Å². The van der Waals surface area contributed by atoms with E-state index in [0.29, 0.717) is 19.5 Å². The average Bonchev–Trinajstić information content (AvgIpc) is 2.24. The van der Waals surface area contributed by atoms with Crippen LogP contribution in [0.25, 0.3) is 0 Å². The van der Waals surface area contributed by atoms with E-state index in [1.54, 1.807) is 24.3 Å². The molecular formula is C12H16F3NO. The molecule has 0 atom stereocenters. The lowest BCUT2D eigenvalue weighted by Gasteiger charge is -2.07. The molecule has 5 heteroatoms. The van der Waals surface area contributed by atoms with Crippen LogP contribution in [0.4, 0.5) is 13.2 Å². The molecule has 0 unspecified atom stereocenters. The van der Waals surface area contributed by atoms with Gasteiger partial charge in [-0.3, -0.25) is 0 Å². The second-order valence-corrected chi connectivity index (χ2v) is 3.92. The molecule has 0 saturated heterocycles. The third-order valence-corrected chi connectivity index (χ3v) is 2.33. The summed E-state index contributed by atoms with van der Waals surface area (Å²) >= 11 is 0. The van der Waals surface area contributed by atoms with Crippen LogP contribution in [0.2, 0.25) is 0 Å². The van der Waals surface area contributed by atoms with Crippen LogP contribution in [0.15, 0.2) is 24.3 Å². The van der Waals surface area contributed by atoms with E-state index in [0.717, 1.165) is 5.56 Å². The Hall–Kier alpha value is -1.23. The zero-order valence-electron chi connectivity index (χ0n) is 9.43. The Balaban J connectivity index is 2.07. The van der Waals surface area contributed by atoms with E-state index in [1.807, 2.05) is 0 Å². The molecule has 0 radical (unpaired) electrons. The van der Waals surface area contributed by atoms with Crippen LogP contribution in [-0.4, -0.2) is 17.8 Å². The van der Waals surface area contributed by atoms with Gasteiger partial charge in [-0.1, -0.05) is 12.1 Å². The molecule has 2 N–H and O–H groups in total. The Morgan fingerprint density at radius 2 is 1.71 bits per heavy atom. The van der Waals surface area contributed by atoms with Crippen molar-refractivity contribution < 1.29 is 18.3 Å². The van der Waals surface area contributed by atoms with Crippen LogP contribution in [0.5, 0.6) is 5.75 Å². The Morgan fingerprint density at radius 3 is 2.29 bits per heavy atom. The highest BCUT2D eigenvalue weighted by molar-refractivity contribution is 5.25. The van der Waals surface area contributed by atoms with Crippen molar-refractivity contribution in [2.75, 3.05) is 6.54 Å². The summed E-state index contributed by atoms with van der Waals surface area (Å²) < 4.78 is 35.5. The second-order valence-electron chi connectivity index (χ2n) is 3.92. The van der Waals surface area contributed by atoms with Crippen molar-refractivity contribution in [1.82, 2.24) is 5.32 Å². The molecule has 0 aliphatic rings. The molecule has 0 bridgehead atoms. The Bertz CT molecular complexity index is 322. The molecule has 0 heterocycles. The third-order valence-electron chi connectivity index (χ3n) is 2.33. The number of rotatable bonds is 6. The molecule has 17 heavy (non-hydrogen) atoms. The monoisotopic (exact) mass is 247 g/mol. The quantitative estimate of drug-likeness (QED) is 0.756. The minimum absolute atomic E-state index is 0.159. The number of nitrogens with one attached hydrogen (secondary N) is 1. The number of alkyl halides is 3. The lowest BCUT2D eigenvalue weighted by Crippen LogP contribution is -2.15. The number of phenolic OH excluding ortho intramolecular Hbond substituents is 1. The number of hydrogen-bond donors (Lipinski definition) is 2. The first-order valence-corrected chi connectivity index (χ1v) is 5.53. The van der Waals surface area contributed by atoms with Gasteiger partial charge in [0, 0.05) is 13.0 Å². The van der Waals surface area contributed by atoms with E-state index in [1.165, 1.54) is 0 Å². The van der Waals surface area contributed by atoms with Gasteiger partial charge < -0.3 is 10.4 Å². The first-order valence-electron chi connectivity index (χ1n) is 5.53. The van der Waals surface area contributed by atoms with Gasteiger partial charge in [-0.05, 0) is 37.1 Å². The van der Waals surface area contributed by atoms with Gasteiger partial charge in [0.05, 0.1) is 0 Å². The Labute approximate surface area is 98.5 Å². The molecule has 0 fully saturated rings. The van der Waals surface area contributed by atoms with E-state index in [9.17, 15) is 13.2 Å². The summed E-state index contributed by atoms with van der Waals surface area (Å²) in [7, 11) is 0. The van der Waals surface area contributed by atoms with Gasteiger partial charge >= 0.3 is 6.18 Å². The minimum Gasteiger partial charge on any atom is -0.508 e. The molecule has 0 amide bonds. The van der Waals surface area contributed by atoms with Crippen molar-refractivity contribution in [1.29, 1.82) is 0 Å². The summed E-state index contributed by atoms with van der Waals surface area (Å²) in [4.78, 5) is 0. The summed E-state index contributed by atoms with van der Waals surface area (Å²) in [6.07, 6.45) is -4.09. The van der Waals surface area contributed by atoms with Gasteiger partial charge in [0.1, 0.15) is 5.75 Å². The third kappa shape index (κ3) is 6.84. The highest BCUT2D eigenvalue weighted by Crippen LogP contribution is 2.21. The SMILES string of the molecule is Oc1ccc(CNCCCCC(F)(F)F)cc1. The molecule has 0 spiro atoms. The Kier molecular flexibility index (Phi) is 5.28. The number of halogens is 3. The molecule has 0 saturated carbocycles. The number of unbranched alkanes of at least 4 members (excludes halogenated alkanes) is 1. The molecule has 0 aromatic heterocycles. The number of benzene rings is 1. The standard InChI is InChI=1S/C12H16F3NO/c13-12(14,15)7-1-2-8-16-9-10-3-5-11(17)6-4-10/h3-6,16-17H,1-2,7-9H2. The lowest BCUT2D eigenvalue weighted by molar-refractivity contribution is -0.135. The van der Waals surface area contributed by atoms with E-state index in [4.69, 9.17) is 5.11 Å². The van der Waals surface area contributed by atoms with Gasteiger partial charge in [0.15, 0.2) is 0 Å². The maximum atomic E-state index is 11.8. The summed E-state index contributed by atoms with van der Waals surface area (Å²) in [5, 5.41) is 12.1. The molecule has 0 aliphatic heterocycles. The Morgan fingerprint density at radius 1 is 1.06 bits per heavy atom. The second kappa shape index (κ2) is 6.49. The highest BCUT2D eigenvalue weighted by Gasteiger charge is 2.25. The average molecular weight is 247 g/mol. The number of hydrogen-bond acceptors (Lipinski definition) is 2. The van der Waals surface area contributed by atoms with Crippen molar-refractivity contribution in [2.45, 2.75) is 32.0 Å². The number of aromatic hydroxyl groups is 1. The fraction of sp³-hybridized carbons (Fsp3) is 0.500. The van der Waals surface area contributed by atoms with E-state index < -0.39 is 12.6 Å². The predicted octanol–water partition coefficient (Wildman–Crippen LogP) is 3.21. The number of phenols is 1. The maximum Gasteiger partial charge on any atom is 0.389 e. The van der Waals surface area contributed by atoms with Crippen molar-refractivity contribution in [3.8, 4) is 5.75 Å². The van der Waals surface area contributed by atoms with E-state index in [2.05, 4.69) is 5.32 Å². The van der Waals surface area contributed by atoms with Crippen LogP contribution in [0.3, 0.4) is 0 Å². The fourth-order valence-electron chi connectivity index (χ4n) is 1.42. The molecule has 1 rings (SSSR count). The zero-order chi connectivity index (χ0) is 12.7. The van der Waals surface area contributed by atoms with Gasteiger partial charge in [0.25, 0.3) is 0 Å². The molecular weight excluding hydrogens is 231 g/mol. The van der Waals surface area contributed by atoms with Crippen molar-refractivity contribution in [3.05, 3.63) is 29.8 Å². The summed E-state index contributed by atoms with van der Waals surface area (Å²) in [6, 6.07) is 6.72. The van der Waals surface area contributed by atoms with Gasteiger partial charge in [-0.2, -0.15) is 13.2 Å². The van der Waals surface area contributed by atoms with Crippen LogP contribution in [0.1, 0.15) is 24.8 Å². The summed E-state index contributed by atoms with van der Waals surface area (Å²) in [5.41, 5.74) is 0.999. The summed E-state index contributed by atoms with van der Waals surface area (Å²) in [6.45, 7) is 1.17. The largest absolute Gasteiger partial charge is 0.508 e. The molecule has 1 aromatic rings. The first kappa shape index (κ1) is 13.8. The zero-order valence-corrected chi connectivity index (χ0v) is 9.43.